The van der Waals surface area contributed by atoms with Gasteiger partial charge >= 0.3 is 6.09 Å². The molecular weight excluding hydrogens is 254 g/mol. The van der Waals surface area contributed by atoms with Crippen LogP contribution in [0.3, 0.4) is 0 Å². The van der Waals surface area contributed by atoms with E-state index in [4.69, 9.17) is 4.74 Å². The summed E-state index contributed by atoms with van der Waals surface area (Å²) in [7, 11) is 0. The van der Waals surface area contributed by atoms with Gasteiger partial charge in [-0.2, -0.15) is 0 Å². The normalized spacial score (nSPS) is 11.3. The van der Waals surface area contributed by atoms with Crippen molar-refractivity contribution < 1.29 is 14.3 Å². The van der Waals surface area contributed by atoms with Crippen molar-refractivity contribution in [3.63, 3.8) is 0 Å². The first-order valence-corrected chi connectivity index (χ1v) is 6.59. The van der Waals surface area contributed by atoms with E-state index in [2.05, 4.69) is 5.32 Å². The van der Waals surface area contributed by atoms with E-state index in [0.717, 1.165) is 11.8 Å². The minimum Gasteiger partial charge on any atom is -0.444 e. The van der Waals surface area contributed by atoms with Crippen molar-refractivity contribution >= 4 is 18.5 Å². The molecule has 1 aromatic carbocycles. The molecule has 0 fully saturated rings. The Morgan fingerprint density at radius 1 is 1.20 bits per heavy atom. The summed E-state index contributed by atoms with van der Waals surface area (Å²) in [5.41, 5.74) is 1.21. The fourth-order valence-corrected chi connectivity index (χ4v) is 1.48. The van der Waals surface area contributed by atoms with Crippen LogP contribution in [0.5, 0.6) is 0 Å². The van der Waals surface area contributed by atoms with Crippen LogP contribution in [0.1, 0.15) is 43.1 Å². The lowest BCUT2D eigenvalue weighted by Crippen LogP contribution is -2.32. The first-order valence-electron chi connectivity index (χ1n) is 6.59. The Balaban J connectivity index is 2.28. The molecule has 0 atom stereocenters. The summed E-state index contributed by atoms with van der Waals surface area (Å²) in [5, 5.41) is 2.68. The van der Waals surface area contributed by atoms with Crippen molar-refractivity contribution in [2.45, 2.75) is 32.8 Å². The Labute approximate surface area is 119 Å². The highest BCUT2D eigenvalue weighted by Gasteiger charge is 2.14. The fourth-order valence-electron chi connectivity index (χ4n) is 1.48. The summed E-state index contributed by atoms with van der Waals surface area (Å²) in [6.45, 7) is 6.01. The Morgan fingerprint density at radius 3 is 2.35 bits per heavy atom. The summed E-state index contributed by atoms with van der Waals surface area (Å²) < 4.78 is 5.12. The van der Waals surface area contributed by atoms with Gasteiger partial charge in [0.25, 0.3) is 0 Å². The van der Waals surface area contributed by atoms with Crippen LogP contribution in [-0.4, -0.2) is 24.5 Å². The predicted octanol–water partition coefficient (Wildman–Crippen LogP) is 3.43. The van der Waals surface area contributed by atoms with E-state index >= 15 is 0 Å². The molecule has 1 N–H and O–H groups in total. The molecular formula is C16H21NO3. The highest BCUT2D eigenvalue weighted by atomic mass is 16.6. The molecule has 0 heterocycles. The van der Waals surface area contributed by atoms with Crippen LogP contribution in [0.4, 0.5) is 4.79 Å². The minimum atomic E-state index is -0.472. The van der Waals surface area contributed by atoms with Crippen LogP contribution in [0.25, 0.3) is 6.08 Å². The van der Waals surface area contributed by atoms with E-state index in [1.165, 1.54) is 0 Å². The zero-order valence-electron chi connectivity index (χ0n) is 12.2. The van der Waals surface area contributed by atoms with Gasteiger partial charge in [0.1, 0.15) is 11.9 Å². The number of amides is 1. The Hall–Kier alpha value is -2.10. The van der Waals surface area contributed by atoms with Crippen LogP contribution in [0, 0.1) is 0 Å². The first-order chi connectivity index (χ1) is 9.40. The van der Waals surface area contributed by atoms with Crippen LogP contribution < -0.4 is 5.32 Å². The third-order valence-electron chi connectivity index (χ3n) is 2.36. The number of rotatable bonds is 5. The van der Waals surface area contributed by atoms with Crippen molar-refractivity contribution in [2.24, 2.45) is 0 Å². The molecule has 0 aliphatic carbocycles. The lowest BCUT2D eigenvalue weighted by Gasteiger charge is -2.19. The van der Waals surface area contributed by atoms with Gasteiger partial charge in [0, 0.05) is 12.1 Å². The third-order valence-corrected chi connectivity index (χ3v) is 2.36. The molecule has 108 valence electrons. The van der Waals surface area contributed by atoms with E-state index in [9.17, 15) is 9.59 Å². The molecule has 0 saturated heterocycles. The van der Waals surface area contributed by atoms with E-state index in [0.29, 0.717) is 18.5 Å². The van der Waals surface area contributed by atoms with Gasteiger partial charge in [0.05, 0.1) is 0 Å². The van der Waals surface area contributed by atoms with E-state index in [1.807, 2.05) is 45.1 Å². The number of hydrogen-bond donors (Lipinski definition) is 1. The number of hydrogen-bond acceptors (Lipinski definition) is 3. The average Bonchev–Trinajstić information content (AvgIpc) is 2.37. The molecule has 0 radical (unpaired) electrons. The molecule has 0 aliphatic heterocycles. The van der Waals surface area contributed by atoms with Crippen LogP contribution in [-0.2, 0) is 4.74 Å². The van der Waals surface area contributed by atoms with Gasteiger partial charge in [0.15, 0.2) is 0 Å². The molecule has 0 spiro atoms. The maximum atomic E-state index is 11.4. The lowest BCUT2D eigenvalue weighted by atomic mass is 10.1. The lowest BCUT2D eigenvalue weighted by molar-refractivity contribution is 0.0528. The molecule has 20 heavy (non-hydrogen) atoms. The molecule has 4 nitrogen and oxygen atoms in total. The van der Waals surface area contributed by atoms with E-state index in [1.54, 1.807) is 12.1 Å². The summed E-state index contributed by atoms with van der Waals surface area (Å²) in [4.78, 5) is 21.9. The maximum Gasteiger partial charge on any atom is 0.407 e. The van der Waals surface area contributed by atoms with Crippen molar-refractivity contribution in [2.75, 3.05) is 6.54 Å². The zero-order chi connectivity index (χ0) is 15.0. The number of alkyl carbamates (subject to hydrolysis) is 1. The Morgan fingerprint density at radius 2 is 1.80 bits per heavy atom. The molecule has 1 aromatic rings. The summed E-state index contributed by atoms with van der Waals surface area (Å²) in [6.07, 6.45) is 5.05. The van der Waals surface area contributed by atoms with E-state index in [-0.39, 0.29) is 0 Å². The smallest absolute Gasteiger partial charge is 0.407 e. The molecule has 1 rings (SSSR count). The van der Waals surface area contributed by atoms with Gasteiger partial charge in [-0.05, 0) is 32.8 Å². The summed E-state index contributed by atoms with van der Waals surface area (Å²) in [5.74, 6) is 0. The zero-order valence-corrected chi connectivity index (χ0v) is 12.2. The quantitative estimate of drug-likeness (QED) is 0.661. The van der Waals surface area contributed by atoms with E-state index < -0.39 is 11.7 Å². The number of aldehydes is 1. The van der Waals surface area contributed by atoms with Crippen molar-refractivity contribution in [3.05, 3.63) is 41.5 Å². The number of carbonyl (C=O) groups excluding carboxylic acids is 2. The monoisotopic (exact) mass is 275 g/mol. The summed E-state index contributed by atoms with van der Waals surface area (Å²) in [6, 6.07) is 7.29. The number of nitrogens with one attached hydrogen (secondary N) is 1. The second kappa shape index (κ2) is 7.48. The van der Waals surface area contributed by atoms with Gasteiger partial charge in [-0.15, -0.1) is 0 Å². The van der Waals surface area contributed by atoms with Crippen LogP contribution >= 0.6 is 0 Å². The maximum absolute atomic E-state index is 11.4. The first kappa shape index (κ1) is 16.0. The van der Waals surface area contributed by atoms with Crippen LogP contribution in [0.2, 0.25) is 0 Å². The summed E-state index contributed by atoms with van der Waals surface area (Å²) >= 11 is 0. The van der Waals surface area contributed by atoms with Crippen molar-refractivity contribution in [3.8, 4) is 0 Å². The Bertz CT molecular complexity index is 469. The number of benzene rings is 1. The standard InChI is InChI=1S/C16H21NO3/c1-16(2,3)20-15(19)17-11-5-4-6-13-7-9-14(12-18)10-8-13/h4,6-10,12H,5,11H2,1-3H3,(H,17,19). The predicted molar refractivity (Wildman–Crippen MR) is 79.7 cm³/mol. The number of ether oxygens (including phenoxy) is 1. The van der Waals surface area contributed by atoms with Gasteiger partial charge in [-0.3, -0.25) is 4.79 Å². The Kier molecular flexibility index (Phi) is 5.97. The third kappa shape index (κ3) is 6.73. The molecule has 1 amide bonds. The van der Waals surface area contributed by atoms with Crippen molar-refractivity contribution in [1.29, 1.82) is 0 Å². The fraction of sp³-hybridized carbons (Fsp3) is 0.375. The highest BCUT2D eigenvalue weighted by molar-refractivity contribution is 5.75. The van der Waals surface area contributed by atoms with Crippen molar-refractivity contribution in [1.82, 2.24) is 5.32 Å². The number of carbonyl (C=O) groups is 2. The molecule has 0 aliphatic rings. The van der Waals surface area contributed by atoms with Gasteiger partial charge in [0.2, 0.25) is 0 Å². The van der Waals surface area contributed by atoms with Gasteiger partial charge < -0.3 is 10.1 Å². The molecule has 0 bridgehead atoms. The molecule has 4 heteroatoms. The van der Waals surface area contributed by atoms with Gasteiger partial charge in [-0.1, -0.05) is 36.4 Å². The highest BCUT2D eigenvalue weighted by Crippen LogP contribution is 2.07. The average molecular weight is 275 g/mol. The minimum absolute atomic E-state index is 0.402. The largest absolute Gasteiger partial charge is 0.444 e. The topological polar surface area (TPSA) is 55.4 Å². The van der Waals surface area contributed by atoms with Gasteiger partial charge in [-0.25, -0.2) is 4.79 Å². The SMILES string of the molecule is CC(C)(C)OC(=O)NCCC=Cc1ccc(C=O)cc1. The second-order valence-electron chi connectivity index (χ2n) is 5.40. The second-order valence-corrected chi connectivity index (χ2v) is 5.40. The van der Waals surface area contributed by atoms with Crippen LogP contribution in [0.15, 0.2) is 30.3 Å². The molecule has 0 unspecified atom stereocenters. The molecule has 0 aromatic heterocycles. The molecule has 0 saturated carbocycles.